The molecule has 3 rings (SSSR count). The molecule has 0 spiro atoms. The zero-order chi connectivity index (χ0) is 13.9. The zero-order valence-corrected chi connectivity index (χ0v) is 12.3. The van der Waals surface area contributed by atoms with Crippen LogP contribution in [0.3, 0.4) is 0 Å². The molecule has 1 fully saturated rings. The number of halogens is 1. The van der Waals surface area contributed by atoms with Gasteiger partial charge in [-0.2, -0.15) is 0 Å². The van der Waals surface area contributed by atoms with Gasteiger partial charge in [0.25, 0.3) is 0 Å². The van der Waals surface area contributed by atoms with Gasteiger partial charge in [-0.05, 0) is 19.1 Å². The lowest BCUT2D eigenvalue weighted by molar-refractivity contribution is 0.185. The van der Waals surface area contributed by atoms with Crippen LogP contribution in [-0.4, -0.2) is 36.1 Å². The maximum atomic E-state index is 13.8. The smallest absolute Gasteiger partial charge is 0.132 e. The topological polar surface area (TPSA) is 28.2 Å². The first-order valence-electron chi connectivity index (χ1n) is 6.91. The van der Waals surface area contributed by atoms with Crippen LogP contribution in [0.25, 0.3) is 11.3 Å². The highest BCUT2D eigenvalue weighted by Crippen LogP contribution is 2.29. The van der Waals surface area contributed by atoms with Crippen LogP contribution in [0.4, 0.5) is 4.39 Å². The molecule has 1 unspecified atom stereocenters. The summed E-state index contributed by atoms with van der Waals surface area (Å²) in [6.45, 7) is 6.30. The number of hydrogen-bond donors (Lipinski definition) is 1. The molecule has 1 aromatic heterocycles. The van der Waals surface area contributed by atoms with E-state index in [0.29, 0.717) is 11.6 Å². The Labute approximate surface area is 122 Å². The second-order valence-electron chi connectivity index (χ2n) is 5.01. The van der Waals surface area contributed by atoms with E-state index in [0.717, 1.165) is 36.9 Å². The average Bonchev–Trinajstić information content (AvgIpc) is 2.97. The van der Waals surface area contributed by atoms with Crippen LogP contribution >= 0.6 is 11.3 Å². The zero-order valence-electron chi connectivity index (χ0n) is 11.5. The molecule has 2 aromatic rings. The fraction of sp³-hybridized carbons (Fsp3) is 0.400. The second kappa shape index (κ2) is 5.99. The first-order valence-corrected chi connectivity index (χ1v) is 7.79. The SMILES string of the molecule is CC(c1nc(-c2ccccc2F)cs1)N1CCNCC1. The summed E-state index contributed by atoms with van der Waals surface area (Å²) >= 11 is 1.61. The van der Waals surface area contributed by atoms with Crippen LogP contribution in [0.15, 0.2) is 29.6 Å². The summed E-state index contributed by atoms with van der Waals surface area (Å²) in [6.07, 6.45) is 0. The van der Waals surface area contributed by atoms with Crippen molar-refractivity contribution in [3.8, 4) is 11.3 Å². The predicted molar refractivity (Wildman–Crippen MR) is 80.4 cm³/mol. The highest BCUT2D eigenvalue weighted by Gasteiger charge is 2.21. The van der Waals surface area contributed by atoms with E-state index in [1.165, 1.54) is 6.07 Å². The lowest BCUT2D eigenvalue weighted by Gasteiger charge is -2.31. The van der Waals surface area contributed by atoms with E-state index in [4.69, 9.17) is 0 Å². The van der Waals surface area contributed by atoms with E-state index in [-0.39, 0.29) is 5.82 Å². The van der Waals surface area contributed by atoms with E-state index < -0.39 is 0 Å². The molecule has 0 radical (unpaired) electrons. The van der Waals surface area contributed by atoms with Crippen LogP contribution in [0, 0.1) is 5.82 Å². The summed E-state index contributed by atoms with van der Waals surface area (Å²) in [7, 11) is 0. The van der Waals surface area contributed by atoms with Gasteiger partial charge in [0.2, 0.25) is 0 Å². The van der Waals surface area contributed by atoms with Gasteiger partial charge >= 0.3 is 0 Å². The van der Waals surface area contributed by atoms with E-state index in [2.05, 4.69) is 22.1 Å². The summed E-state index contributed by atoms with van der Waals surface area (Å²) in [5.74, 6) is -0.209. The Balaban J connectivity index is 1.81. The molecule has 1 aliphatic heterocycles. The summed E-state index contributed by atoms with van der Waals surface area (Å²) in [4.78, 5) is 7.05. The van der Waals surface area contributed by atoms with Gasteiger partial charge in [-0.1, -0.05) is 12.1 Å². The molecule has 0 amide bonds. The normalized spacial score (nSPS) is 18.1. The van der Waals surface area contributed by atoms with Crippen molar-refractivity contribution < 1.29 is 4.39 Å². The van der Waals surface area contributed by atoms with E-state index >= 15 is 0 Å². The minimum absolute atomic E-state index is 0.209. The number of hydrogen-bond acceptors (Lipinski definition) is 4. The van der Waals surface area contributed by atoms with E-state index in [1.807, 2.05) is 11.4 Å². The highest BCUT2D eigenvalue weighted by atomic mass is 32.1. The van der Waals surface area contributed by atoms with Crippen molar-refractivity contribution >= 4 is 11.3 Å². The Hall–Kier alpha value is -1.30. The largest absolute Gasteiger partial charge is 0.314 e. The van der Waals surface area contributed by atoms with Crippen LogP contribution in [-0.2, 0) is 0 Å². The summed E-state index contributed by atoms with van der Waals surface area (Å²) in [5.41, 5.74) is 1.33. The van der Waals surface area contributed by atoms with Crippen molar-refractivity contribution in [2.75, 3.05) is 26.2 Å². The molecule has 5 heteroatoms. The summed E-state index contributed by atoms with van der Waals surface area (Å²) in [5, 5.41) is 6.36. The number of nitrogens with zero attached hydrogens (tertiary/aromatic N) is 2. The highest BCUT2D eigenvalue weighted by molar-refractivity contribution is 7.10. The Kier molecular flexibility index (Phi) is 4.10. The van der Waals surface area contributed by atoms with Gasteiger partial charge in [-0.25, -0.2) is 9.37 Å². The third-order valence-electron chi connectivity index (χ3n) is 3.73. The Morgan fingerprint density at radius 2 is 2.05 bits per heavy atom. The second-order valence-corrected chi connectivity index (χ2v) is 5.90. The monoisotopic (exact) mass is 291 g/mol. The van der Waals surface area contributed by atoms with Crippen molar-refractivity contribution in [1.29, 1.82) is 0 Å². The standard InChI is InChI=1S/C15H18FN3S/c1-11(19-8-6-17-7-9-19)15-18-14(10-20-15)12-4-2-3-5-13(12)16/h2-5,10-11,17H,6-9H2,1H3. The lowest BCUT2D eigenvalue weighted by Crippen LogP contribution is -2.44. The molecular formula is C15H18FN3S. The Bertz CT molecular complexity index is 578. The molecule has 20 heavy (non-hydrogen) atoms. The van der Waals surface area contributed by atoms with Crippen molar-refractivity contribution in [3.63, 3.8) is 0 Å². The average molecular weight is 291 g/mol. The van der Waals surface area contributed by atoms with Gasteiger partial charge in [-0.15, -0.1) is 11.3 Å². The molecular weight excluding hydrogens is 273 g/mol. The molecule has 0 aliphatic carbocycles. The molecule has 1 saturated heterocycles. The minimum atomic E-state index is -0.209. The summed E-state index contributed by atoms with van der Waals surface area (Å²) in [6, 6.07) is 7.10. The third kappa shape index (κ3) is 2.75. The lowest BCUT2D eigenvalue weighted by atomic mass is 10.1. The van der Waals surface area contributed by atoms with Crippen LogP contribution in [0.5, 0.6) is 0 Å². The maximum Gasteiger partial charge on any atom is 0.132 e. The molecule has 1 atom stereocenters. The molecule has 1 N–H and O–H groups in total. The number of aromatic nitrogens is 1. The van der Waals surface area contributed by atoms with Crippen molar-refractivity contribution in [3.05, 3.63) is 40.5 Å². The number of thiazole rings is 1. The van der Waals surface area contributed by atoms with Gasteiger partial charge < -0.3 is 5.32 Å². The Morgan fingerprint density at radius 1 is 1.30 bits per heavy atom. The molecule has 1 aromatic carbocycles. The molecule has 2 heterocycles. The van der Waals surface area contributed by atoms with Gasteiger partial charge in [0.1, 0.15) is 10.8 Å². The Morgan fingerprint density at radius 3 is 2.80 bits per heavy atom. The van der Waals surface area contributed by atoms with Crippen LogP contribution in [0.1, 0.15) is 18.0 Å². The number of benzene rings is 1. The summed E-state index contributed by atoms with van der Waals surface area (Å²) < 4.78 is 13.8. The first kappa shape index (κ1) is 13.7. The molecule has 0 saturated carbocycles. The van der Waals surface area contributed by atoms with Gasteiger partial charge in [0.05, 0.1) is 11.7 Å². The van der Waals surface area contributed by atoms with Crippen molar-refractivity contribution in [1.82, 2.24) is 15.2 Å². The van der Waals surface area contributed by atoms with Crippen molar-refractivity contribution in [2.45, 2.75) is 13.0 Å². The molecule has 1 aliphatic rings. The predicted octanol–water partition coefficient (Wildman–Crippen LogP) is 2.92. The minimum Gasteiger partial charge on any atom is -0.314 e. The molecule has 106 valence electrons. The van der Waals surface area contributed by atoms with Gasteiger partial charge in [-0.3, -0.25) is 4.90 Å². The first-order chi connectivity index (χ1) is 9.75. The number of rotatable bonds is 3. The van der Waals surface area contributed by atoms with E-state index in [9.17, 15) is 4.39 Å². The quantitative estimate of drug-likeness (QED) is 0.942. The van der Waals surface area contributed by atoms with Gasteiger partial charge in [0, 0.05) is 37.1 Å². The third-order valence-corrected chi connectivity index (χ3v) is 4.74. The number of piperazine rings is 1. The molecule has 0 bridgehead atoms. The van der Waals surface area contributed by atoms with E-state index in [1.54, 1.807) is 23.5 Å². The van der Waals surface area contributed by atoms with Crippen LogP contribution < -0.4 is 5.32 Å². The molecule has 3 nitrogen and oxygen atoms in total. The fourth-order valence-electron chi connectivity index (χ4n) is 2.50. The van der Waals surface area contributed by atoms with Crippen LogP contribution in [0.2, 0.25) is 0 Å². The van der Waals surface area contributed by atoms with Gasteiger partial charge in [0.15, 0.2) is 0 Å². The fourth-order valence-corrected chi connectivity index (χ4v) is 3.41. The van der Waals surface area contributed by atoms with Crippen molar-refractivity contribution in [2.24, 2.45) is 0 Å². The maximum absolute atomic E-state index is 13.8. The number of nitrogens with one attached hydrogen (secondary N) is 1.